The summed E-state index contributed by atoms with van der Waals surface area (Å²) in [5.41, 5.74) is 0. The lowest BCUT2D eigenvalue weighted by Gasteiger charge is -2.18. The smallest absolute Gasteiger partial charge is 0.306 e. The van der Waals surface area contributed by atoms with Crippen LogP contribution in [-0.4, -0.2) is 37.2 Å². The molecule has 0 aliphatic rings. The second-order valence-corrected chi connectivity index (χ2v) is 15.9. The minimum Gasteiger partial charge on any atom is -0.462 e. The third-order valence-electron chi connectivity index (χ3n) is 10.7. The number of unbranched alkanes of at least 4 members (excludes halogenated alkanes) is 27. The van der Waals surface area contributed by atoms with Crippen LogP contribution in [-0.2, 0) is 28.6 Å². The van der Waals surface area contributed by atoms with Crippen LogP contribution in [0.5, 0.6) is 0 Å². The van der Waals surface area contributed by atoms with Gasteiger partial charge in [0.25, 0.3) is 0 Å². The second kappa shape index (κ2) is 40.6. The molecule has 0 aromatic rings. The van der Waals surface area contributed by atoms with Crippen molar-refractivity contribution in [3.8, 4) is 0 Å². The van der Waals surface area contributed by atoms with Gasteiger partial charge in [-0.1, -0.05) is 214 Å². The van der Waals surface area contributed by atoms with Crippen molar-refractivity contribution >= 4 is 17.9 Å². The van der Waals surface area contributed by atoms with Gasteiger partial charge in [0.1, 0.15) is 13.2 Å². The molecule has 0 aliphatic heterocycles. The quantitative estimate of drug-likeness (QED) is 0.0353. The van der Waals surface area contributed by atoms with E-state index in [2.05, 4.69) is 27.7 Å². The molecule has 0 amide bonds. The average molecular weight is 737 g/mol. The molecule has 0 heterocycles. The number of rotatable bonds is 41. The van der Waals surface area contributed by atoms with Crippen molar-refractivity contribution < 1.29 is 28.6 Å². The zero-order chi connectivity index (χ0) is 38.2. The molecule has 0 radical (unpaired) electrons. The fourth-order valence-electron chi connectivity index (χ4n) is 6.77. The van der Waals surface area contributed by atoms with Gasteiger partial charge in [-0.25, -0.2) is 0 Å². The summed E-state index contributed by atoms with van der Waals surface area (Å²) >= 11 is 0. The summed E-state index contributed by atoms with van der Waals surface area (Å²) in [7, 11) is 0. The van der Waals surface area contributed by atoms with E-state index in [1.54, 1.807) is 0 Å². The number of hydrogen-bond acceptors (Lipinski definition) is 6. The van der Waals surface area contributed by atoms with Gasteiger partial charge in [0.2, 0.25) is 0 Å². The van der Waals surface area contributed by atoms with Gasteiger partial charge < -0.3 is 14.2 Å². The standard InChI is InChI=1S/C46H88O6/c1-5-8-10-12-13-14-15-16-17-18-19-20-21-22-26-30-34-38-45(48)51-41-43(40-50-44(47)37-33-28-11-9-6-2)52-46(49)39-35-31-27-24-23-25-29-32-36-42(4)7-3/h42-43H,5-41H2,1-4H3/t42?,43-/m0/s1. The number of carbonyl (C=O) groups excluding carboxylic acids is 3. The van der Waals surface area contributed by atoms with Crippen LogP contribution in [0.1, 0.15) is 252 Å². The van der Waals surface area contributed by atoms with Gasteiger partial charge in [-0.3, -0.25) is 14.4 Å². The second-order valence-electron chi connectivity index (χ2n) is 15.9. The van der Waals surface area contributed by atoms with E-state index < -0.39 is 6.10 Å². The highest BCUT2D eigenvalue weighted by atomic mass is 16.6. The van der Waals surface area contributed by atoms with E-state index in [9.17, 15) is 14.4 Å². The Labute approximate surface area is 323 Å². The summed E-state index contributed by atoms with van der Waals surface area (Å²) in [5.74, 6) is -0.0246. The average Bonchev–Trinajstić information content (AvgIpc) is 3.14. The lowest BCUT2D eigenvalue weighted by molar-refractivity contribution is -0.167. The van der Waals surface area contributed by atoms with Crippen LogP contribution in [0.3, 0.4) is 0 Å². The summed E-state index contributed by atoms with van der Waals surface area (Å²) in [5, 5.41) is 0. The van der Waals surface area contributed by atoms with Crippen LogP contribution in [0.2, 0.25) is 0 Å². The Bertz CT molecular complexity index is 783. The van der Waals surface area contributed by atoms with Gasteiger partial charge in [0.15, 0.2) is 6.10 Å². The van der Waals surface area contributed by atoms with E-state index in [0.29, 0.717) is 19.3 Å². The normalized spacial score (nSPS) is 12.5. The molecule has 0 aromatic heterocycles. The zero-order valence-electron chi connectivity index (χ0n) is 35.3. The van der Waals surface area contributed by atoms with E-state index in [1.165, 1.54) is 141 Å². The fourth-order valence-corrected chi connectivity index (χ4v) is 6.77. The van der Waals surface area contributed by atoms with Gasteiger partial charge in [0.05, 0.1) is 0 Å². The zero-order valence-corrected chi connectivity index (χ0v) is 35.3. The molecule has 52 heavy (non-hydrogen) atoms. The molecule has 0 N–H and O–H groups in total. The summed E-state index contributed by atoms with van der Waals surface area (Å²) in [4.78, 5) is 37.4. The number of carbonyl (C=O) groups is 3. The number of esters is 3. The first-order chi connectivity index (χ1) is 25.4. The van der Waals surface area contributed by atoms with Gasteiger partial charge in [-0.2, -0.15) is 0 Å². The maximum atomic E-state index is 12.6. The fraction of sp³-hybridized carbons (Fsp3) is 0.935. The van der Waals surface area contributed by atoms with E-state index in [0.717, 1.165) is 70.1 Å². The molecule has 6 heteroatoms. The van der Waals surface area contributed by atoms with Crippen LogP contribution < -0.4 is 0 Å². The lowest BCUT2D eigenvalue weighted by Crippen LogP contribution is -2.30. The Morgan fingerprint density at radius 1 is 0.385 bits per heavy atom. The summed E-state index contributed by atoms with van der Waals surface area (Å²) < 4.78 is 16.6. The molecule has 6 nitrogen and oxygen atoms in total. The molecule has 2 atom stereocenters. The Morgan fingerprint density at radius 2 is 0.673 bits per heavy atom. The SMILES string of the molecule is CCCCCCCCCCCCCCCCCCCC(=O)OC[C@H](COC(=O)CCCCCCC)OC(=O)CCCCCCCCCCC(C)CC. The Morgan fingerprint density at radius 3 is 1.00 bits per heavy atom. The Hall–Kier alpha value is -1.59. The Balaban J connectivity index is 4.15. The molecule has 0 saturated carbocycles. The molecule has 0 fully saturated rings. The molecule has 0 saturated heterocycles. The predicted octanol–water partition coefficient (Wildman–Crippen LogP) is 14.3. The van der Waals surface area contributed by atoms with Gasteiger partial charge >= 0.3 is 17.9 Å². The lowest BCUT2D eigenvalue weighted by atomic mass is 9.99. The van der Waals surface area contributed by atoms with Gasteiger partial charge in [0, 0.05) is 19.3 Å². The molecule has 0 aromatic carbocycles. The van der Waals surface area contributed by atoms with Crippen molar-refractivity contribution in [3.05, 3.63) is 0 Å². The number of hydrogen-bond donors (Lipinski definition) is 0. The van der Waals surface area contributed by atoms with Gasteiger partial charge in [-0.15, -0.1) is 0 Å². The predicted molar refractivity (Wildman–Crippen MR) is 220 cm³/mol. The molecule has 0 rings (SSSR count). The maximum Gasteiger partial charge on any atom is 0.306 e. The summed E-state index contributed by atoms with van der Waals surface area (Å²) in [6.07, 6.45) is 39.7. The van der Waals surface area contributed by atoms with E-state index in [1.807, 2.05) is 0 Å². The first-order valence-electron chi connectivity index (χ1n) is 22.9. The highest BCUT2D eigenvalue weighted by Crippen LogP contribution is 2.17. The third-order valence-corrected chi connectivity index (χ3v) is 10.7. The van der Waals surface area contributed by atoms with Crippen molar-refractivity contribution in [2.45, 2.75) is 259 Å². The first kappa shape index (κ1) is 50.4. The van der Waals surface area contributed by atoms with Crippen molar-refractivity contribution in [2.75, 3.05) is 13.2 Å². The van der Waals surface area contributed by atoms with Crippen LogP contribution in [0.15, 0.2) is 0 Å². The monoisotopic (exact) mass is 737 g/mol. The van der Waals surface area contributed by atoms with Crippen molar-refractivity contribution in [3.63, 3.8) is 0 Å². The molecular formula is C46H88O6. The molecule has 308 valence electrons. The highest BCUT2D eigenvalue weighted by molar-refractivity contribution is 5.71. The third kappa shape index (κ3) is 38.1. The van der Waals surface area contributed by atoms with Crippen molar-refractivity contribution in [1.82, 2.24) is 0 Å². The minimum absolute atomic E-state index is 0.0651. The molecular weight excluding hydrogens is 648 g/mol. The topological polar surface area (TPSA) is 78.9 Å². The first-order valence-corrected chi connectivity index (χ1v) is 22.9. The van der Waals surface area contributed by atoms with Crippen molar-refractivity contribution in [1.29, 1.82) is 0 Å². The molecule has 1 unspecified atom stereocenters. The minimum atomic E-state index is -0.758. The van der Waals surface area contributed by atoms with E-state index >= 15 is 0 Å². The largest absolute Gasteiger partial charge is 0.462 e. The Kier molecular flexibility index (Phi) is 39.4. The van der Waals surface area contributed by atoms with Crippen LogP contribution in [0.4, 0.5) is 0 Å². The number of ether oxygens (including phenoxy) is 3. The molecule has 0 bridgehead atoms. The molecule has 0 spiro atoms. The van der Waals surface area contributed by atoms with Gasteiger partial charge in [-0.05, 0) is 25.2 Å². The van der Waals surface area contributed by atoms with E-state index in [-0.39, 0.29) is 31.1 Å². The van der Waals surface area contributed by atoms with Crippen molar-refractivity contribution in [2.24, 2.45) is 5.92 Å². The molecule has 0 aliphatic carbocycles. The summed E-state index contributed by atoms with van der Waals surface area (Å²) in [6, 6.07) is 0. The summed E-state index contributed by atoms with van der Waals surface area (Å²) in [6.45, 7) is 8.92. The van der Waals surface area contributed by atoms with Crippen LogP contribution in [0.25, 0.3) is 0 Å². The highest BCUT2D eigenvalue weighted by Gasteiger charge is 2.19. The van der Waals surface area contributed by atoms with Crippen LogP contribution >= 0.6 is 0 Å². The maximum absolute atomic E-state index is 12.6. The van der Waals surface area contributed by atoms with Crippen LogP contribution in [0, 0.1) is 5.92 Å². The van der Waals surface area contributed by atoms with E-state index in [4.69, 9.17) is 14.2 Å².